The molecule has 0 fully saturated rings. The van der Waals surface area contributed by atoms with Crippen LogP contribution in [0.2, 0.25) is 10.0 Å². The van der Waals surface area contributed by atoms with Crippen LogP contribution in [0.3, 0.4) is 0 Å². The Hall–Kier alpha value is -1.91. The minimum atomic E-state index is -0.359. The maximum Gasteiger partial charge on any atom is 0.303 e. The molecule has 2 aromatic rings. The van der Waals surface area contributed by atoms with Gasteiger partial charge in [-0.05, 0) is 24.3 Å². The van der Waals surface area contributed by atoms with Crippen molar-refractivity contribution in [3.63, 3.8) is 0 Å². The first-order valence-corrected chi connectivity index (χ1v) is 7.79. The highest BCUT2D eigenvalue weighted by atomic mass is 35.5. The first-order chi connectivity index (χ1) is 11.0. The van der Waals surface area contributed by atoms with Gasteiger partial charge in [-0.3, -0.25) is 4.79 Å². The van der Waals surface area contributed by atoms with E-state index in [2.05, 4.69) is 0 Å². The van der Waals surface area contributed by atoms with Gasteiger partial charge in [0.25, 0.3) is 0 Å². The Morgan fingerprint density at radius 2 is 2.09 bits per heavy atom. The maximum absolute atomic E-state index is 11.1. The second-order valence-corrected chi connectivity index (χ2v) is 5.98. The zero-order valence-corrected chi connectivity index (χ0v) is 13.9. The van der Waals surface area contributed by atoms with E-state index in [1.807, 2.05) is 18.2 Å². The van der Waals surface area contributed by atoms with Gasteiger partial charge in [0.05, 0.1) is 0 Å². The molecule has 3 rings (SSSR count). The number of fused-ring (bicyclic) bond motifs is 1. The fraction of sp³-hybridized carbons (Fsp3) is 0.235. The predicted molar refractivity (Wildman–Crippen MR) is 87.2 cm³/mol. The van der Waals surface area contributed by atoms with Gasteiger partial charge in [0, 0.05) is 34.2 Å². The van der Waals surface area contributed by atoms with E-state index in [4.69, 9.17) is 37.4 Å². The van der Waals surface area contributed by atoms with Gasteiger partial charge >= 0.3 is 5.97 Å². The second-order valence-electron chi connectivity index (χ2n) is 5.13. The average Bonchev–Trinajstić information content (AvgIpc) is 2.88. The van der Waals surface area contributed by atoms with E-state index >= 15 is 0 Å². The molecule has 0 radical (unpaired) electrons. The Morgan fingerprint density at radius 1 is 1.26 bits per heavy atom. The molecule has 23 heavy (non-hydrogen) atoms. The highest BCUT2D eigenvalue weighted by Crippen LogP contribution is 2.37. The van der Waals surface area contributed by atoms with E-state index in [1.165, 1.54) is 6.92 Å². The van der Waals surface area contributed by atoms with Gasteiger partial charge in [-0.25, -0.2) is 0 Å². The molecule has 0 aromatic heterocycles. The van der Waals surface area contributed by atoms with Crippen molar-refractivity contribution < 1.29 is 19.0 Å². The summed E-state index contributed by atoms with van der Waals surface area (Å²) in [7, 11) is 0. The van der Waals surface area contributed by atoms with Crippen molar-refractivity contribution in [1.82, 2.24) is 0 Å². The fourth-order valence-corrected chi connectivity index (χ4v) is 2.81. The van der Waals surface area contributed by atoms with Crippen molar-refractivity contribution in [2.45, 2.75) is 19.6 Å². The second kappa shape index (κ2) is 6.69. The average molecular weight is 353 g/mol. The number of carbonyl (C=O) groups is 1. The highest BCUT2D eigenvalue weighted by molar-refractivity contribution is 6.35. The number of halogens is 2. The van der Waals surface area contributed by atoms with Crippen molar-refractivity contribution in [2.75, 3.05) is 6.61 Å². The van der Waals surface area contributed by atoms with Crippen LogP contribution in [0.5, 0.6) is 11.5 Å². The van der Waals surface area contributed by atoms with Gasteiger partial charge in [0.15, 0.2) is 6.10 Å². The van der Waals surface area contributed by atoms with Crippen LogP contribution in [-0.4, -0.2) is 12.6 Å². The number of hydrogen-bond acceptors (Lipinski definition) is 4. The monoisotopic (exact) mass is 352 g/mol. The van der Waals surface area contributed by atoms with Gasteiger partial charge in [-0.1, -0.05) is 29.3 Å². The highest BCUT2D eigenvalue weighted by Gasteiger charge is 2.27. The lowest BCUT2D eigenvalue weighted by Crippen LogP contribution is -2.09. The molecular formula is C17H14Cl2O4. The van der Waals surface area contributed by atoms with E-state index in [0.29, 0.717) is 34.8 Å². The molecular weight excluding hydrogens is 339 g/mol. The molecule has 0 spiro atoms. The quantitative estimate of drug-likeness (QED) is 0.756. The molecule has 0 unspecified atom stereocenters. The SMILES string of the molecule is CC(=O)O[C@H]1COc2cc(OCc3ccc(Cl)cc3Cl)ccc21. The van der Waals surface area contributed by atoms with Crippen LogP contribution in [0.15, 0.2) is 36.4 Å². The minimum Gasteiger partial charge on any atom is -0.489 e. The lowest BCUT2D eigenvalue weighted by atomic mass is 10.1. The van der Waals surface area contributed by atoms with Crippen LogP contribution in [0.1, 0.15) is 24.2 Å². The summed E-state index contributed by atoms with van der Waals surface area (Å²) >= 11 is 12.0. The standard InChI is InChI=1S/C17H14Cl2O4/c1-10(20)23-17-9-22-16-7-13(4-5-14(16)17)21-8-11-2-3-12(18)6-15(11)19/h2-7,17H,8-9H2,1H3/t17-/m0/s1. The Morgan fingerprint density at radius 3 is 2.83 bits per heavy atom. The topological polar surface area (TPSA) is 44.8 Å². The molecule has 4 nitrogen and oxygen atoms in total. The molecule has 1 aliphatic heterocycles. The Balaban J connectivity index is 1.69. The molecule has 0 bridgehead atoms. The van der Waals surface area contributed by atoms with Crippen molar-refractivity contribution >= 4 is 29.2 Å². The lowest BCUT2D eigenvalue weighted by molar-refractivity contribution is -0.147. The van der Waals surface area contributed by atoms with Crippen molar-refractivity contribution in [3.8, 4) is 11.5 Å². The van der Waals surface area contributed by atoms with Gasteiger partial charge in [0.1, 0.15) is 24.7 Å². The molecule has 0 aliphatic carbocycles. The number of ether oxygens (including phenoxy) is 3. The summed E-state index contributed by atoms with van der Waals surface area (Å²) in [5.74, 6) is 0.985. The molecule has 1 heterocycles. The maximum atomic E-state index is 11.1. The first kappa shape index (κ1) is 16.0. The number of hydrogen-bond donors (Lipinski definition) is 0. The van der Waals surface area contributed by atoms with Gasteiger partial charge in [-0.2, -0.15) is 0 Å². The number of esters is 1. The molecule has 0 amide bonds. The van der Waals surface area contributed by atoms with Crippen LogP contribution in [0.4, 0.5) is 0 Å². The van der Waals surface area contributed by atoms with E-state index in [0.717, 1.165) is 11.1 Å². The van der Waals surface area contributed by atoms with Crippen molar-refractivity contribution in [1.29, 1.82) is 0 Å². The molecule has 6 heteroatoms. The first-order valence-electron chi connectivity index (χ1n) is 7.03. The summed E-state index contributed by atoms with van der Waals surface area (Å²) in [4.78, 5) is 11.1. The molecule has 2 aromatic carbocycles. The Kier molecular flexibility index (Phi) is 4.64. The summed E-state index contributed by atoms with van der Waals surface area (Å²) in [6, 6.07) is 10.7. The van der Waals surface area contributed by atoms with Gasteiger partial charge < -0.3 is 14.2 Å². The van der Waals surface area contributed by atoms with Crippen LogP contribution >= 0.6 is 23.2 Å². The Bertz CT molecular complexity index is 745. The molecule has 0 saturated heterocycles. The summed E-state index contributed by atoms with van der Waals surface area (Å²) in [6.45, 7) is 2.02. The van der Waals surface area contributed by atoms with E-state index in [9.17, 15) is 4.79 Å². The van der Waals surface area contributed by atoms with Gasteiger partial charge in [0.2, 0.25) is 0 Å². The number of benzene rings is 2. The zero-order chi connectivity index (χ0) is 16.4. The van der Waals surface area contributed by atoms with Crippen LogP contribution in [0, 0.1) is 0 Å². The van der Waals surface area contributed by atoms with Crippen LogP contribution in [0.25, 0.3) is 0 Å². The molecule has 1 aliphatic rings. The van der Waals surface area contributed by atoms with E-state index in [1.54, 1.807) is 18.2 Å². The Labute approximate surface area is 143 Å². The fourth-order valence-electron chi connectivity index (χ4n) is 2.35. The van der Waals surface area contributed by atoms with Crippen molar-refractivity contribution in [2.24, 2.45) is 0 Å². The summed E-state index contributed by atoms with van der Waals surface area (Å²) < 4.78 is 16.5. The van der Waals surface area contributed by atoms with Crippen LogP contribution in [-0.2, 0) is 16.1 Å². The number of rotatable bonds is 4. The minimum absolute atomic E-state index is 0.321. The molecule has 0 N–H and O–H groups in total. The largest absolute Gasteiger partial charge is 0.489 e. The molecule has 0 saturated carbocycles. The molecule has 120 valence electrons. The van der Waals surface area contributed by atoms with Crippen LogP contribution < -0.4 is 9.47 Å². The third-order valence-electron chi connectivity index (χ3n) is 3.44. The lowest BCUT2D eigenvalue weighted by Gasteiger charge is -2.10. The van der Waals surface area contributed by atoms with Crippen molar-refractivity contribution in [3.05, 3.63) is 57.6 Å². The van der Waals surface area contributed by atoms with E-state index in [-0.39, 0.29) is 12.1 Å². The summed E-state index contributed by atoms with van der Waals surface area (Å²) in [6.07, 6.45) is -0.359. The normalized spacial score (nSPS) is 15.7. The zero-order valence-electron chi connectivity index (χ0n) is 12.3. The van der Waals surface area contributed by atoms with Gasteiger partial charge in [-0.15, -0.1) is 0 Å². The summed E-state index contributed by atoms with van der Waals surface area (Å²) in [5, 5.41) is 1.14. The number of carbonyl (C=O) groups excluding carboxylic acids is 1. The van der Waals surface area contributed by atoms with E-state index < -0.39 is 0 Å². The third kappa shape index (κ3) is 3.71. The smallest absolute Gasteiger partial charge is 0.303 e. The third-order valence-corrected chi connectivity index (χ3v) is 4.03. The predicted octanol–water partition coefficient (Wildman–Crippen LogP) is 4.57. The summed E-state index contributed by atoms with van der Waals surface area (Å²) in [5.41, 5.74) is 1.69. The molecule has 1 atom stereocenters.